The number of nitrogens with zero attached hydrogens (tertiary/aromatic N) is 3. The number of carbonyl (C=O) groups excluding carboxylic acids is 1. The molecule has 6 nitrogen and oxygen atoms in total. The molecule has 0 bridgehead atoms. The maximum Gasteiger partial charge on any atom is 0.227 e. The van der Waals surface area contributed by atoms with Crippen LogP contribution in [0.5, 0.6) is 0 Å². The number of hydrogen-bond acceptors (Lipinski definition) is 3. The fourth-order valence-electron chi connectivity index (χ4n) is 3.09. The van der Waals surface area contributed by atoms with Crippen molar-refractivity contribution in [1.82, 2.24) is 15.6 Å². The number of aliphatic imine (C=N–C) groups is 1. The number of nitrogens with one attached hydrogen (secondary N) is 2. The molecule has 2 aromatic rings. The predicted molar refractivity (Wildman–Crippen MR) is 129 cm³/mol. The van der Waals surface area contributed by atoms with Crippen molar-refractivity contribution >= 4 is 53.1 Å². The van der Waals surface area contributed by atoms with Crippen molar-refractivity contribution in [1.29, 1.82) is 0 Å². The van der Waals surface area contributed by atoms with Crippen LogP contribution in [0.2, 0.25) is 5.15 Å². The van der Waals surface area contributed by atoms with Gasteiger partial charge in [-0.2, -0.15) is 0 Å². The van der Waals surface area contributed by atoms with Crippen molar-refractivity contribution in [3.63, 3.8) is 0 Å². The van der Waals surface area contributed by atoms with E-state index in [2.05, 4.69) is 20.6 Å². The van der Waals surface area contributed by atoms with Gasteiger partial charge in [-0.3, -0.25) is 4.79 Å². The Morgan fingerprint density at radius 3 is 2.55 bits per heavy atom. The first-order chi connectivity index (χ1) is 13.7. The van der Waals surface area contributed by atoms with E-state index in [0.29, 0.717) is 18.1 Å². The zero-order chi connectivity index (χ0) is 19.8. The number of pyridine rings is 1. The van der Waals surface area contributed by atoms with Crippen LogP contribution >= 0.6 is 35.6 Å². The van der Waals surface area contributed by atoms with Gasteiger partial charge in [0.15, 0.2) is 5.96 Å². The predicted octanol–water partition coefficient (Wildman–Crippen LogP) is 3.78. The summed E-state index contributed by atoms with van der Waals surface area (Å²) in [6, 6.07) is 11.9. The minimum atomic E-state index is 0. The fraction of sp³-hybridized carbons (Fsp3) is 0.381. The maximum atomic E-state index is 11.8. The summed E-state index contributed by atoms with van der Waals surface area (Å²) in [4.78, 5) is 22.4. The molecule has 8 heteroatoms. The second-order valence-corrected chi connectivity index (χ2v) is 7.06. The third-order valence-electron chi connectivity index (χ3n) is 4.58. The number of carbonyl (C=O) groups is 1. The molecule has 0 radical (unpaired) electrons. The van der Waals surface area contributed by atoms with Gasteiger partial charge in [0.25, 0.3) is 0 Å². The molecule has 0 atom stereocenters. The molecule has 29 heavy (non-hydrogen) atoms. The number of benzene rings is 1. The number of aromatic nitrogens is 1. The van der Waals surface area contributed by atoms with E-state index in [1.807, 2.05) is 42.2 Å². The Kier molecular flexibility index (Phi) is 9.66. The summed E-state index contributed by atoms with van der Waals surface area (Å²) in [6.07, 6.45) is 4.22. The van der Waals surface area contributed by atoms with E-state index in [9.17, 15) is 4.79 Å². The first-order valence-corrected chi connectivity index (χ1v) is 10.1. The smallest absolute Gasteiger partial charge is 0.227 e. The second-order valence-electron chi connectivity index (χ2n) is 6.68. The van der Waals surface area contributed by atoms with Crippen molar-refractivity contribution < 1.29 is 4.79 Å². The van der Waals surface area contributed by atoms with Crippen molar-refractivity contribution in [2.24, 2.45) is 4.99 Å². The summed E-state index contributed by atoms with van der Waals surface area (Å²) in [5, 5.41) is 7.11. The molecule has 3 rings (SSSR count). The van der Waals surface area contributed by atoms with Crippen LogP contribution in [0.1, 0.15) is 30.9 Å². The van der Waals surface area contributed by atoms with Crippen LogP contribution in [0.4, 0.5) is 5.69 Å². The first-order valence-electron chi connectivity index (χ1n) is 9.67. The number of hydrogen-bond donors (Lipinski definition) is 2. The van der Waals surface area contributed by atoms with Gasteiger partial charge < -0.3 is 15.5 Å². The van der Waals surface area contributed by atoms with Gasteiger partial charge in [0.05, 0.1) is 6.54 Å². The van der Waals surface area contributed by atoms with Crippen molar-refractivity contribution in [3.8, 4) is 0 Å². The minimum Gasteiger partial charge on any atom is -0.357 e. The van der Waals surface area contributed by atoms with Crippen molar-refractivity contribution in [2.75, 3.05) is 24.5 Å². The van der Waals surface area contributed by atoms with E-state index in [-0.39, 0.29) is 29.9 Å². The lowest BCUT2D eigenvalue weighted by Gasteiger charge is -2.16. The van der Waals surface area contributed by atoms with Gasteiger partial charge in [-0.05, 0) is 49.1 Å². The van der Waals surface area contributed by atoms with E-state index in [1.165, 1.54) is 0 Å². The van der Waals surface area contributed by atoms with E-state index in [4.69, 9.17) is 11.6 Å². The summed E-state index contributed by atoms with van der Waals surface area (Å²) < 4.78 is 0. The van der Waals surface area contributed by atoms with Crippen LogP contribution in [0.25, 0.3) is 0 Å². The topological polar surface area (TPSA) is 69.6 Å². The summed E-state index contributed by atoms with van der Waals surface area (Å²) in [7, 11) is 0. The highest BCUT2D eigenvalue weighted by molar-refractivity contribution is 14.0. The van der Waals surface area contributed by atoms with Crippen molar-refractivity contribution in [2.45, 2.75) is 32.7 Å². The number of anilines is 1. The molecule has 1 aromatic heterocycles. The molecular formula is C21H27ClIN5O. The molecule has 156 valence electrons. The Balaban J connectivity index is 0.00000300. The lowest BCUT2D eigenvalue weighted by molar-refractivity contribution is -0.117. The Morgan fingerprint density at radius 1 is 1.17 bits per heavy atom. The minimum absolute atomic E-state index is 0. The zero-order valence-corrected chi connectivity index (χ0v) is 19.6. The summed E-state index contributed by atoms with van der Waals surface area (Å²) in [5.74, 6) is 0.989. The lowest BCUT2D eigenvalue weighted by Crippen LogP contribution is -2.38. The Labute approximate surface area is 194 Å². The molecule has 1 saturated heterocycles. The van der Waals surface area contributed by atoms with E-state index >= 15 is 0 Å². The van der Waals surface area contributed by atoms with Gasteiger partial charge in [-0.15, -0.1) is 24.0 Å². The third kappa shape index (κ3) is 7.15. The monoisotopic (exact) mass is 527 g/mol. The SMILES string of the molecule is CCNC(=NCc1ccc(N2CCCC2=O)cc1)NCCc1ccc(Cl)nc1.I. The Hall–Kier alpha value is -1.87. The largest absolute Gasteiger partial charge is 0.357 e. The molecule has 1 aliphatic rings. The third-order valence-corrected chi connectivity index (χ3v) is 4.80. The molecular weight excluding hydrogens is 501 g/mol. The Bertz CT molecular complexity index is 811. The standard InChI is InChI=1S/C21H26ClN5O.HI/c1-2-23-21(24-12-11-17-7-10-19(22)25-14-17)26-15-16-5-8-18(9-6-16)27-13-3-4-20(27)28;/h5-10,14H,2-4,11-13,15H2,1H3,(H2,23,24,26);1H. The lowest BCUT2D eigenvalue weighted by atomic mass is 10.2. The maximum absolute atomic E-state index is 11.8. The van der Waals surface area contributed by atoms with Gasteiger partial charge in [0, 0.05) is 37.9 Å². The molecule has 1 aliphatic heterocycles. The summed E-state index contributed by atoms with van der Waals surface area (Å²) >= 11 is 5.82. The first kappa shape index (κ1) is 23.4. The fourth-order valence-corrected chi connectivity index (χ4v) is 3.21. The summed E-state index contributed by atoms with van der Waals surface area (Å²) in [6.45, 7) is 4.98. The van der Waals surface area contributed by atoms with Gasteiger partial charge in [0.1, 0.15) is 5.15 Å². The molecule has 0 unspecified atom stereocenters. The van der Waals surface area contributed by atoms with Crippen LogP contribution < -0.4 is 15.5 Å². The molecule has 0 saturated carbocycles. The highest BCUT2D eigenvalue weighted by Crippen LogP contribution is 2.21. The van der Waals surface area contributed by atoms with E-state index < -0.39 is 0 Å². The molecule has 1 fully saturated rings. The molecule has 0 aliphatic carbocycles. The molecule has 0 spiro atoms. The Morgan fingerprint density at radius 2 is 1.93 bits per heavy atom. The van der Waals surface area contributed by atoms with Gasteiger partial charge in [0.2, 0.25) is 5.91 Å². The number of halogens is 2. The highest BCUT2D eigenvalue weighted by atomic mass is 127. The van der Waals surface area contributed by atoms with Crippen LogP contribution in [-0.2, 0) is 17.8 Å². The average Bonchev–Trinajstić information content (AvgIpc) is 3.14. The second kappa shape index (κ2) is 12.0. The van der Waals surface area contributed by atoms with Crippen LogP contribution in [0.15, 0.2) is 47.6 Å². The molecule has 1 aromatic carbocycles. The quantitative estimate of drug-likeness (QED) is 0.249. The number of rotatable bonds is 7. The van der Waals surface area contributed by atoms with Gasteiger partial charge in [-0.1, -0.05) is 29.8 Å². The van der Waals surface area contributed by atoms with E-state index in [0.717, 1.165) is 55.2 Å². The zero-order valence-electron chi connectivity index (χ0n) is 16.5. The van der Waals surface area contributed by atoms with Crippen LogP contribution in [0.3, 0.4) is 0 Å². The van der Waals surface area contributed by atoms with Crippen molar-refractivity contribution in [3.05, 3.63) is 58.9 Å². The molecule has 2 heterocycles. The average molecular weight is 528 g/mol. The van der Waals surface area contributed by atoms with Gasteiger partial charge in [-0.25, -0.2) is 9.98 Å². The molecule has 2 N–H and O–H groups in total. The normalized spacial score (nSPS) is 13.9. The molecule has 1 amide bonds. The highest BCUT2D eigenvalue weighted by Gasteiger charge is 2.21. The van der Waals surface area contributed by atoms with E-state index in [1.54, 1.807) is 12.3 Å². The number of amides is 1. The van der Waals surface area contributed by atoms with Gasteiger partial charge >= 0.3 is 0 Å². The van der Waals surface area contributed by atoms with Crippen LogP contribution in [0, 0.1) is 0 Å². The van der Waals surface area contributed by atoms with Crippen LogP contribution in [-0.4, -0.2) is 36.5 Å². The number of guanidine groups is 1. The summed E-state index contributed by atoms with van der Waals surface area (Å²) in [5.41, 5.74) is 3.20.